The molecule has 0 N–H and O–H groups in total. The van der Waals surface area contributed by atoms with Gasteiger partial charge in [0, 0.05) is 30.9 Å². The molecule has 0 radical (unpaired) electrons. The van der Waals surface area contributed by atoms with E-state index in [1.807, 2.05) is 43.3 Å². The van der Waals surface area contributed by atoms with Crippen LogP contribution < -0.4 is 15.2 Å². The van der Waals surface area contributed by atoms with Crippen LogP contribution in [0.5, 0.6) is 5.75 Å². The summed E-state index contributed by atoms with van der Waals surface area (Å²) in [6.45, 7) is 6.72. The molecule has 2 aromatic carbocycles. The molecule has 2 aromatic heterocycles. The van der Waals surface area contributed by atoms with Crippen LogP contribution in [0.15, 0.2) is 45.6 Å². The molecule has 4 heterocycles. The van der Waals surface area contributed by atoms with Crippen molar-refractivity contribution in [2.24, 2.45) is 7.05 Å². The number of anilines is 1. The van der Waals surface area contributed by atoms with Crippen molar-refractivity contribution >= 4 is 27.7 Å². The Hall–Kier alpha value is -3.83. The molecule has 0 spiro atoms. The Labute approximate surface area is 208 Å². The zero-order valence-corrected chi connectivity index (χ0v) is 20.7. The fourth-order valence-corrected chi connectivity index (χ4v) is 5.22. The molecule has 2 fully saturated rings. The van der Waals surface area contributed by atoms with Gasteiger partial charge in [-0.3, -0.25) is 4.79 Å². The summed E-state index contributed by atoms with van der Waals surface area (Å²) in [5, 5.41) is 10.8. The number of pyridine rings is 1. The highest BCUT2D eigenvalue weighted by atomic mass is 16.6. The summed E-state index contributed by atoms with van der Waals surface area (Å²) in [5.41, 5.74) is 3.92. The molecular weight excluding hydrogens is 456 g/mol. The average molecular weight is 485 g/mol. The second kappa shape index (κ2) is 8.38. The Balaban J connectivity index is 1.36. The molecule has 8 heteroatoms. The number of piperidine rings is 1. The molecule has 0 unspecified atom stereocenters. The van der Waals surface area contributed by atoms with Crippen molar-refractivity contribution in [1.82, 2.24) is 9.55 Å². The summed E-state index contributed by atoms with van der Waals surface area (Å²) < 4.78 is 19.0. The van der Waals surface area contributed by atoms with Gasteiger partial charge in [-0.2, -0.15) is 5.26 Å². The summed E-state index contributed by atoms with van der Waals surface area (Å²) in [4.78, 5) is 20.1. The van der Waals surface area contributed by atoms with Crippen LogP contribution in [0.1, 0.15) is 36.8 Å². The van der Waals surface area contributed by atoms with Crippen LogP contribution in [-0.2, 0) is 17.2 Å². The largest absolute Gasteiger partial charge is 0.486 e. The van der Waals surface area contributed by atoms with E-state index in [1.54, 1.807) is 11.6 Å². The van der Waals surface area contributed by atoms with Crippen LogP contribution in [0.3, 0.4) is 0 Å². The lowest BCUT2D eigenvalue weighted by Gasteiger charge is -2.39. The Bertz CT molecular complexity index is 1580. The Morgan fingerprint density at radius 1 is 1.17 bits per heavy atom. The molecular formula is C28H28N4O4. The fraction of sp³-hybridized carbons (Fsp3) is 0.393. The van der Waals surface area contributed by atoms with Crippen molar-refractivity contribution < 1.29 is 13.9 Å². The molecule has 184 valence electrons. The minimum absolute atomic E-state index is 0.0321. The maximum atomic E-state index is 13.1. The smallest absolute Gasteiger partial charge is 0.270 e. The summed E-state index contributed by atoms with van der Waals surface area (Å²) in [6.07, 6.45) is 1.61. The molecule has 0 amide bonds. The number of rotatable bonds is 4. The van der Waals surface area contributed by atoms with Crippen LogP contribution in [0.25, 0.3) is 22.0 Å². The topological polar surface area (TPSA) is 93.5 Å². The average Bonchev–Trinajstić information content (AvgIpc) is 3.28. The van der Waals surface area contributed by atoms with E-state index < -0.39 is 0 Å². The zero-order valence-electron chi connectivity index (χ0n) is 20.7. The number of hydrogen-bond donors (Lipinski definition) is 0. The fourth-order valence-electron chi connectivity index (χ4n) is 5.22. The number of oxazole rings is 1. The lowest BCUT2D eigenvalue weighted by molar-refractivity contribution is -0.0796. The van der Waals surface area contributed by atoms with Crippen LogP contribution in [0, 0.1) is 18.3 Å². The number of nitriles is 1. The minimum Gasteiger partial charge on any atom is -0.486 e. The van der Waals surface area contributed by atoms with Crippen molar-refractivity contribution in [1.29, 1.82) is 5.26 Å². The predicted molar refractivity (Wildman–Crippen MR) is 137 cm³/mol. The number of nitrogens with zero attached hydrogens (tertiary/aromatic N) is 4. The third-order valence-electron chi connectivity index (χ3n) is 7.60. The second-order valence-corrected chi connectivity index (χ2v) is 10.2. The maximum absolute atomic E-state index is 13.1. The predicted octanol–water partition coefficient (Wildman–Crippen LogP) is 4.20. The first-order chi connectivity index (χ1) is 17.4. The molecule has 4 aromatic rings. The second-order valence-electron chi connectivity index (χ2n) is 10.2. The third-order valence-corrected chi connectivity index (χ3v) is 7.60. The zero-order chi connectivity index (χ0) is 25.0. The van der Waals surface area contributed by atoms with Crippen molar-refractivity contribution in [3.8, 4) is 11.8 Å². The third kappa shape index (κ3) is 3.62. The van der Waals surface area contributed by atoms with Crippen molar-refractivity contribution in [3.05, 3.63) is 63.8 Å². The maximum Gasteiger partial charge on any atom is 0.270 e. The van der Waals surface area contributed by atoms with E-state index in [1.165, 1.54) is 0 Å². The SMILES string of the molecule is Cc1ccc2oc(C3(C)CCN(c4c(C#N)c(=O)n(C)c5ccc(OC6COC6)cc45)CC3)nc2c1. The van der Waals surface area contributed by atoms with Gasteiger partial charge in [0.1, 0.15) is 29.0 Å². The first kappa shape index (κ1) is 22.6. The lowest BCUT2D eigenvalue weighted by Crippen LogP contribution is -2.42. The van der Waals surface area contributed by atoms with Gasteiger partial charge in [0.2, 0.25) is 5.89 Å². The van der Waals surface area contributed by atoms with Crippen LogP contribution >= 0.6 is 0 Å². The van der Waals surface area contributed by atoms with Crippen LogP contribution in [0.2, 0.25) is 0 Å². The van der Waals surface area contributed by atoms with E-state index in [0.717, 1.165) is 46.3 Å². The summed E-state index contributed by atoms with van der Waals surface area (Å²) in [7, 11) is 1.71. The van der Waals surface area contributed by atoms with Crippen LogP contribution in [0.4, 0.5) is 5.69 Å². The number of aromatic nitrogens is 2. The molecule has 8 nitrogen and oxygen atoms in total. The van der Waals surface area contributed by atoms with Gasteiger partial charge in [-0.25, -0.2) is 4.98 Å². The highest BCUT2D eigenvalue weighted by Crippen LogP contribution is 2.40. The minimum atomic E-state index is -0.288. The van der Waals surface area contributed by atoms with Gasteiger partial charge in [0.15, 0.2) is 5.58 Å². The number of aryl methyl sites for hydroxylation is 2. The molecule has 0 aliphatic carbocycles. The van der Waals surface area contributed by atoms with Gasteiger partial charge >= 0.3 is 0 Å². The molecule has 6 rings (SSSR count). The Kier molecular flexibility index (Phi) is 5.27. The lowest BCUT2D eigenvalue weighted by atomic mass is 9.80. The number of benzene rings is 2. The molecule has 2 aliphatic heterocycles. The van der Waals surface area contributed by atoms with Crippen molar-refractivity contribution in [2.75, 3.05) is 31.2 Å². The number of hydrogen-bond acceptors (Lipinski definition) is 7. The van der Waals surface area contributed by atoms with E-state index in [9.17, 15) is 10.1 Å². The van der Waals surface area contributed by atoms with Gasteiger partial charge in [-0.05, 0) is 55.7 Å². The highest BCUT2D eigenvalue weighted by molar-refractivity contribution is 5.96. The van der Waals surface area contributed by atoms with Crippen molar-refractivity contribution in [3.63, 3.8) is 0 Å². The van der Waals surface area contributed by atoms with E-state index in [2.05, 4.69) is 17.9 Å². The molecule has 0 atom stereocenters. The molecule has 2 aliphatic rings. The van der Waals surface area contributed by atoms with E-state index >= 15 is 0 Å². The molecule has 2 saturated heterocycles. The van der Waals surface area contributed by atoms with E-state index in [-0.39, 0.29) is 22.6 Å². The molecule has 0 saturated carbocycles. The number of fused-ring (bicyclic) bond motifs is 2. The van der Waals surface area contributed by atoms with Gasteiger partial charge in [-0.1, -0.05) is 13.0 Å². The summed E-state index contributed by atoms with van der Waals surface area (Å²) in [5.74, 6) is 1.46. The summed E-state index contributed by atoms with van der Waals surface area (Å²) in [6, 6.07) is 13.9. The van der Waals surface area contributed by atoms with Crippen LogP contribution in [-0.4, -0.2) is 42.0 Å². The van der Waals surface area contributed by atoms with Gasteiger partial charge in [0.05, 0.1) is 24.4 Å². The van der Waals surface area contributed by atoms with E-state index in [0.29, 0.717) is 37.7 Å². The quantitative estimate of drug-likeness (QED) is 0.429. The molecule has 36 heavy (non-hydrogen) atoms. The number of ether oxygens (including phenoxy) is 2. The monoisotopic (exact) mass is 484 g/mol. The van der Waals surface area contributed by atoms with Gasteiger partial charge in [-0.15, -0.1) is 0 Å². The normalized spacial score (nSPS) is 17.8. The first-order valence-electron chi connectivity index (χ1n) is 12.3. The van der Waals surface area contributed by atoms with Crippen molar-refractivity contribution in [2.45, 2.75) is 38.2 Å². The standard InChI is InChI=1S/C28H28N4O4/c1-17-4-7-24-22(12-17)30-27(36-24)28(2)8-10-32(11-9-28)25-20-13-18(35-19-15-34-16-19)5-6-23(20)31(3)26(33)21(25)14-29/h4-7,12-13,19H,8-11,15-16H2,1-3H3. The van der Waals surface area contributed by atoms with E-state index in [4.69, 9.17) is 18.9 Å². The highest BCUT2D eigenvalue weighted by Gasteiger charge is 2.37. The Morgan fingerprint density at radius 3 is 2.64 bits per heavy atom. The van der Waals surface area contributed by atoms with Gasteiger partial charge in [0.25, 0.3) is 5.56 Å². The Morgan fingerprint density at radius 2 is 1.94 bits per heavy atom. The summed E-state index contributed by atoms with van der Waals surface area (Å²) >= 11 is 0. The van der Waals surface area contributed by atoms with Gasteiger partial charge < -0.3 is 23.4 Å². The first-order valence-corrected chi connectivity index (χ1v) is 12.3. The molecule has 0 bridgehead atoms.